The first-order valence-corrected chi connectivity index (χ1v) is 7.42. The third-order valence-electron chi connectivity index (χ3n) is 2.56. The van der Waals surface area contributed by atoms with Crippen molar-refractivity contribution in [1.82, 2.24) is 9.97 Å². The molecular weight excluding hydrogens is 401 g/mol. The Morgan fingerprint density at radius 1 is 1.21 bits per heavy atom. The number of hydrogen-bond donors (Lipinski definition) is 0. The van der Waals surface area contributed by atoms with Crippen LogP contribution in [0, 0.1) is 9.39 Å². The van der Waals surface area contributed by atoms with E-state index in [-0.39, 0.29) is 10.9 Å². The molecule has 2 aromatic rings. The van der Waals surface area contributed by atoms with Gasteiger partial charge in [-0.05, 0) is 46.7 Å². The first-order chi connectivity index (χ1) is 8.90. The molecular formula is C13H10Cl2FIN2. The van der Waals surface area contributed by atoms with Crippen LogP contribution in [0.15, 0.2) is 18.2 Å². The predicted molar refractivity (Wildman–Crippen MR) is 84.3 cm³/mol. The summed E-state index contributed by atoms with van der Waals surface area (Å²) in [5, 5.41) is 0.441. The summed E-state index contributed by atoms with van der Waals surface area (Å²) in [5.41, 5.74) is 1.52. The molecule has 1 aromatic heterocycles. The fraction of sp³-hybridized carbons (Fsp3) is 0.231. The maximum atomic E-state index is 13.2. The van der Waals surface area contributed by atoms with Gasteiger partial charge in [-0.1, -0.05) is 37.0 Å². The summed E-state index contributed by atoms with van der Waals surface area (Å²) in [6.45, 7) is 4.06. The summed E-state index contributed by atoms with van der Waals surface area (Å²) in [6, 6.07) is 4.38. The van der Waals surface area contributed by atoms with E-state index in [9.17, 15) is 4.39 Å². The average Bonchev–Trinajstić information content (AvgIpc) is 2.35. The van der Waals surface area contributed by atoms with Gasteiger partial charge in [0.2, 0.25) is 0 Å². The summed E-state index contributed by atoms with van der Waals surface area (Å²) in [6.07, 6.45) is 0. The minimum Gasteiger partial charge on any atom is -0.232 e. The van der Waals surface area contributed by atoms with Crippen LogP contribution in [-0.2, 0) is 0 Å². The number of benzene rings is 1. The van der Waals surface area contributed by atoms with Gasteiger partial charge in [-0.2, -0.15) is 0 Å². The number of hydrogen-bond acceptors (Lipinski definition) is 2. The standard InChI is InChI=1S/C13H10Cl2FIN2/c1-6(2)11-10(17)12(15)19-13(18-11)7-3-4-9(16)8(14)5-7/h3-6H,1-2H3. The Morgan fingerprint density at radius 2 is 1.89 bits per heavy atom. The first kappa shape index (κ1) is 14.9. The molecule has 0 amide bonds. The molecule has 0 aliphatic carbocycles. The molecule has 100 valence electrons. The SMILES string of the molecule is CC(C)c1nc(-c2ccc(F)c(Cl)c2)nc(Cl)c1I. The fourth-order valence-corrected chi connectivity index (χ4v) is 2.80. The van der Waals surface area contributed by atoms with E-state index in [0.29, 0.717) is 16.5 Å². The molecule has 2 rings (SSSR count). The van der Waals surface area contributed by atoms with E-state index >= 15 is 0 Å². The van der Waals surface area contributed by atoms with Crippen molar-refractivity contribution in [2.24, 2.45) is 0 Å². The molecule has 6 heteroatoms. The fourth-order valence-electron chi connectivity index (χ4n) is 1.58. The molecule has 1 heterocycles. The molecule has 19 heavy (non-hydrogen) atoms. The lowest BCUT2D eigenvalue weighted by atomic mass is 10.1. The number of halogens is 4. The Bertz CT molecular complexity index is 632. The molecule has 0 fully saturated rings. The van der Waals surface area contributed by atoms with Crippen LogP contribution < -0.4 is 0 Å². The van der Waals surface area contributed by atoms with E-state index in [1.807, 2.05) is 13.8 Å². The summed E-state index contributed by atoms with van der Waals surface area (Å²) in [7, 11) is 0. The number of aromatic nitrogens is 2. The lowest BCUT2D eigenvalue weighted by Gasteiger charge is -2.11. The molecule has 0 saturated heterocycles. The molecule has 0 atom stereocenters. The van der Waals surface area contributed by atoms with Gasteiger partial charge < -0.3 is 0 Å². The number of rotatable bonds is 2. The molecule has 0 radical (unpaired) electrons. The predicted octanol–water partition coefficient (Wildman–Crippen LogP) is 5.32. The molecule has 2 nitrogen and oxygen atoms in total. The topological polar surface area (TPSA) is 25.8 Å². The van der Waals surface area contributed by atoms with E-state index in [2.05, 4.69) is 32.6 Å². The molecule has 0 unspecified atom stereocenters. The Morgan fingerprint density at radius 3 is 2.47 bits per heavy atom. The van der Waals surface area contributed by atoms with Crippen LogP contribution in [0.5, 0.6) is 0 Å². The van der Waals surface area contributed by atoms with Crippen LogP contribution in [-0.4, -0.2) is 9.97 Å². The van der Waals surface area contributed by atoms with Gasteiger partial charge in [0.05, 0.1) is 14.3 Å². The van der Waals surface area contributed by atoms with Crippen molar-refractivity contribution in [1.29, 1.82) is 0 Å². The highest BCUT2D eigenvalue weighted by Gasteiger charge is 2.15. The molecule has 0 spiro atoms. The van der Waals surface area contributed by atoms with Crippen molar-refractivity contribution in [3.05, 3.63) is 43.5 Å². The maximum Gasteiger partial charge on any atom is 0.161 e. The van der Waals surface area contributed by atoms with E-state index in [0.717, 1.165) is 9.26 Å². The molecule has 0 bridgehead atoms. The highest BCUT2D eigenvalue weighted by Crippen LogP contribution is 2.29. The van der Waals surface area contributed by atoms with Gasteiger partial charge in [0.1, 0.15) is 11.0 Å². The summed E-state index contributed by atoms with van der Waals surface area (Å²) < 4.78 is 14.0. The van der Waals surface area contributed by atoms with Gasteiger partial charge in [0, 0.05) is 5.56 Å². The van der Waals surface area contributed by atoms with Gasteiger partial charge in [0.15, 0.2) is 5.82 Å². The number of nitrogens with zero attached hydrogens (tertiary/aromatic N) is 2. The van der Waals surface area contributed by atoms with Gasteiger partial charge in [-0.15, -0.1) is 0 Å². The van der Waals surface area contributed by atoms with Crippen LogP contribution >= 0.6 is 45.8 Å². The van der Waals surface area contributed by atoms with Gasteiger partial charge >= 0.3 is 0 Å². The average molecular weight is 411 g/mol. The minimum atomic E-state index is -0.467. The minimum absolute atomic E-state index is 0.0434. The lowest BCUT2D eigenvalue weighted by molar-refractivity contribution is 0.628. The Hall–Kier alpha value is -0.460. The van der Waals surface area contributed by atoms with Crippen LogP contribution in [0.2, 0.25) is 10.2 Å². The highest BCUT2D eigenvalue weighted by atomic mass is 127. The van der Waals surface area contributed by atoms with Crippen molar-refractivity contribution in [3.63, 3.8) is 0 Å². The van der Waals surface area contributed by atoms with Crippen molar-refractivity contribution in [2.75, 3.05) is 0 Å². The van der Waals surface area contributed by atoms with Crippen molar-refractivity contribution in [2.45, 2.75) is 19.8 Å². The van der Waals surface area contributed by atoms with E-state index in [1.54, 1.807) is 6.07 Å². The van der Waals surface area contributed by atoms with Crippen molar-refractivity contribution in [3.8, 4) is 11.4 Å². The molecule has 0 aliphatic heterocycles. The van der Waals surface area contributed by atoms with Crippen LogP contribution in [0.1, 0.15) is 25.5 Å². The van der Waals surface area contributed by atoms with Gasteiger partial charge in [-0.3, -0.25) is 0 Å². The van der Waals surface area contributed by atoms with Gasteiger partial charge in [0.25, 0.3) is 0 Å². The third kappa shape index (κ3) is 3.17. The highest BCUT2D eigenvalue weighted by molar-refractivity contribution is 14.1. The Kier molecular flexibility index (Phi) is 4.63. The molecule has 1 aromatic carbocycles. The maximum absolute atomic E-state index is 13.2. The molecule has 0 N–H and O–H groups in total. The van der Waals surface area contributed by atoms with Crippen molar-refractivity contribution >= 4 is 45.8 Å². The van der Waals surface area contributed by atoms with E-state index < -0.39 is 5.82 Å². The molecule has 0 saturated carbocycles. The summed E-state index contributed by atoms with van der Waals surface area (Å²) in [5.74, 6) is 0.212. The zero-order chi connectivity index (χ0) is 14.2. The quantitative estimate of drug-likeness (QED) is 0.494. The van der Waals surface area contributed by atoms with E-state index in [4.69, 9.17) is 23.2 Å². The van der Waals surface area contributed by atoms with Gasteiger partial charge in [-0.25, -0.2) is 14.4 Å². The summed E-state index contributed by atoms with van der Waals surface area (Å²) in [4.78, 5) is 8.71. The zero-order valence-electron chi connectivity index (χ0n) is 10.2. The van der Waals surface area contributed by atoms with Crippen LogP contribution in [0.4, 0.5) is 4.39 Å². The van der Waals surface area contributed by atoms with Crippen LogP contribution in [0.3, 0.4) is 0 Å². The van der Waals surface area contributed by atoms with Crippen LogP contribution in [0.25, 0.3) is 11.4 Å². The third-order valence-corrected chi connectivity index (χ3v) is 4.51. The van der Waals surface area contributed by atoms with Crippen molar-refractivity contribution < 1.29 is 4.39 Å². The Labute approximate surface area is 134 Å². The second-order valence-corrected chi connectivity index (χ2v) is 6.16. The van der Waals surface area contributed by atoms with E-state index in [1.165, 1.54) is 12.1 Å². The Balaban J connectivity index is 2.59. The zero-order valence-corrected chi connectivity index (χ0v) is 13.9. The monoisotopic (exact) mass is 410 g/mol. The molecule has 0 aliphatic rings. The second kappa shape index (κ2) is 5.89. The first-order valence-electron chi connectivity index (χ1n) is 5.58. The smallest absolute Gasteiger partial charge is 0.161 e. The normalized spacial score (nSPS) is 11.1. The second-order valence-electron chi connectivity index (χ2n) is 4.32. The largest absolute Gasteiger partial charge is 0.232 e. The summed E-state index contributed by atoms with van der Waals surface area (Å²) >= 11 is 14.0. The lowest BCUT2D eigenvalue weighted by Crippen LogP contribution is -2.02.